The van der Waals surface area contributed by atoms with Crippen molar-refractivity contribution in [3.05, 3.63) is 80.0 Å². The highest BCUT2D eigenvalue weighted by molar-refractivity contribution is 9.10. The second-order valence-corrected chi connectivity index (χ2v) is 8.42. The van der Waals surface area contributed by atoms with Gasteiger partial charge in [0.2, 0.25) is 5.91 Å². The molecular weight excluding hydrogens is 454 g/mol. The van der Waals surface area contributed by atoms with Crippen molar-refractivity contribution in [1.82, 2.24) is 9.97 Å². The van der Waals surface area contributed by atoms with Crippen molar-refractivity contribution in [3.8, 4) is 5.75 Å². The van der Waals surface area contributed by atoms with Crippen LogP contribution in [0.25, 0.3) is 0 Å². The highest BCUT2D eigenvalue weighted by Crippen LogP contribution is 2.37. The minimum atomic E-state index is -0.370. The van der Waals surface area contributed by atoms with Crippen LogP contribution in [0.1, 0.15) is 29.0 Å². The fraction of sp³-hybridized carbons (Fsp3) is 0.190. The number of H-pyrrole nitrogens is 1. The molecule has 0 unspecified atom stereocenters. The Bertz CT molecular complexity index is 1120. The van der Waals surface area contributed by atoms with Gasteiger partial charge in [0.25, 0.3) is 5.56 Å². The van der Waals surface area contributed by atoms with Crippen LogP contribution < -0.4 is 15.6 Å². The van der Waals surface area contributed by atoms with Gasteiger partial charge in [-0.3, -0.25) is 9.59 Å². The van der Waals surface area contributed by atoms with Crippen molar-refractivity contribution >= 4 is 39.4 Å². The van der Waals surface area contributed by atoms with Crippen LogP contribution in [0.4, 0.5) is 5.82 Å². The first-order valence-corrected chi connectivity index (χ1v) is 10.8. The molecule has 4 rings (SSSR count). The lowest BCUT2D eigenvalue weighted by Crippen LogP contribution is -2.31. The summed E-state index contributed by atoms with van der Waals surface area (Å²) >= 11 is 4.90. The Hall–Kier alpha value is -2.58. The van der Waals surface area contributed by atoms with Crippen LogP contribution in [0, 0.1) is 0 Å². The van der Waals surface area contributed by atoms with E-state index < -0.39 is 0 Å². The lowest BCUT2D eigenvalue weighted by atomic mass is 9.87. The average Bonchev–Trinajstić information content (AvgIpc) is 2.72. The minimum Gasteiger partial charge on any atom is -0.496 e. The summed E-state index contributed by atoms with van der Waals surface area (Å²) in [6.45, 7) is 0. The number of nitrogens with zero attached hydrogens (tertiary/aromatic N) is 1. The topological polar surface area (TPSA) is 84.1 Å². The van der Waals surface area contributed by atoms with Gasteiger partial charge in [0.15, 0.2) is 5.16 Å². The van der Waals surface area contributed by atoms with Crippen molar-refractivity contribution in [1.29, 1.82) is 0 Å². The molecule has 8 heteroatoms. The number of hydrogen-bond donors (Lipinski definition) is 2. The SMILES string of the molecule is COc1ccc([C@@H]2CC(=O)Nc3nc(SCc4ccccc4)[nH]c(=O)c32)cc1Br. The standard InChI is InChI=1S/C21H18BrN3O3S/c1-28-16-8-7-13(9-15(16)22)14-10-17(26)23-19-18(14)20(27)25-21(24-19)29-11-12-5-3-2-4-6-12/h2-9,14H,10-11H2,1H3,(H2,23,24,25,26,27)/t14-/m0/s1. The largest absolute Gasteiger partial charge is 0.496 e. The number of carbonyl (C=O) groups excluding carboxylic acids is 1. The molecule has 6 nitrogen and oxygen atoms in total. The van der Waals surface area contributed by atoms with Crippen molar-refractivity contribution < 1.29 is 9.53 Å². The average molecular weight is 472 g/mol. The lowest BCUT2D eigenvalue weighted by Gasteiger charge is -2.25. The predicted molar refractivity (Wildman–Crippen MR) is 117 cm³/mol. The van der Waals surface area contributed by atoms with Gasteiger partial charge < -0.3 is 15.0 Å². The molecule has 1 aliphatic rings. The third-order valence-electron chi connectivity index (χ3n) is 4.73. The van der Waals surface area contributed by atoms with Crippen LogP contribution >= 0.6 is 27.7 Å². The fourth-order valence-corrected chi connectivity index (χ4v) is 4.70. The molecule has 0 saturated heterocycles. The lowest BCUT2D eigenvalue weighted by molar-refractivity contribution is -0.116. The predicted octanol–water partition coefficient (Wildman–Crippen LogP) is 4.31. The molecule has 2 heterocycles. The summed E-state index contributed by atoms with van der Waals surface area (Å²) in [4.78, 5) is 32.6. The van der Waals surface area contributed by atoms with Gasteiger partial charge in [-0.1, -0.05) is 48.2 Å². The van der Waals surface area contributed by atoms with Gasteiger partial charge >= 0.3 is 0 Å². The molecule has 0 saturated carbocycles. The number of rotatable bonds is 5. The van der Waals surface area contributed by atoms with Gasteiger partial charge in [0.05, 0.1) is 17.1 Å². The van der Waals surface area contributed by atoms with E-state index in [1.54, 1.807) is 7.11 Å². The van der Waals surface area contributed by atoms with Gasteiger partial charge in [-0.05, 0) is 39.2 Å². The first-order valence-electron chi connectivity index (χ1n) is 8.99. The molecule has 2 aromatic carbocycles. The van der Waals surface area contributed by atoms with Crippen molar-refractivity contribution in [2.75, 3.05) is 12.4 Å². The molecule has 148 valence electrons. The van der Waals surface area contributed by atoms with E-state index in [1.807, 2.05) is 48.5 Å². The Morgan fingerprint density at radius 2 is 2.00 bits per heavy atom. The van der Waals surface area contributed by atoms with E-state index >= 15 is 0 Å². The molecule has 29 heavy (non-hydrogen) atoms. The minimum absolute atomic E-state index is 0.161. The number of aromatic nitrogens is 2. The second-order valence-electron chi connectivity index (χ2n) is 6.61. The number of carbonyl (C=O) groups is 1. The highest BCUT2D eigenvalue weighted by Gasteiger charge is 2.31. The molecule has 0 bridgehead atoms. The number of halogens is 1. The first-order chi connectivity index (χ1) is 14.0. The molecule has 0 radical (unpaired) electrons. The van der Waals surface area contributed by atoms with Crippen LogP contribution in [-0.4, -0.2) is 23.0 Å². The van der Waals surface area contributed by atoms with Gasteiger partial charge in [-0.2, -0.15) is 0 Å². The number of nitrogens with one attached hydrogen (secondary N) is 2. The summed E-state index contributed by atoms with van der Waals surface area (Å²) < 4.78 is 6.04. The zero-order valence-corrected chi connectivity index (χ0v) is 18.0. The second kappa shape index (κ2) is 8.42. The molecule has 0 spiro atoms. The Morgan fingerprint density at radius 1 is 1.21 bits per heavy atom. The van der Waals surface area contributed by atoms with Crippen LogP contribution in [0.2, 0.25) is 0 Å². The normalized spacial score (nSPS) is 15.5. The molecule has 1 aliphatic heterocycles. The van der Waals surface area contributed by atoms with Gasteiger partial charge in [-0.25, -0.2) is 4.98 Å². The van der Waals surface area contributed by atoms with Crippen LogP contribution in [0.3, 0.4) is 0 Å². The molecular formula is C21H18BrN3O3S. The number of benzene rings is 2. The Kier molecular flexibility index (Phi) is 5.73. The number of hydrogen-bond acceptors (Lipinski definition) is 5. The van der Waals surface area contributed by atoms with Gasteiger partial charge in [0, 0.05) is 18.1 Å². The van der Waals surface area contributed by atoms with Crippen molar-refractivity contribution in [3.63, 3.8) is 0 Å². The smallest absolute Gasteiger partial charge is 0.257 e. The zero-order valence-electron chi connectivity index (χ0n) is 15.6. The van der Waals surface area contributed by atoms with E-state index in [9.17, 15) is 9.59 Å². The van der Waals surface area contributed by atoms with E-state index in [0.29, 0.717) is 28.0 Å². The highest BCUT2D eigenvalue weighted by atomic mass is 79.9. The quantitative estimate of drug-likeness (QED) is 0.427. The third-order valence-corrected chi connectivity index (χ3v) is 6.29. The summed E-state index contributed by atoms with van der Waals surface area (Å²) in [6.07, 6.45) is 0.188. The molecule has 3 aromatic rings. The molecule has 1 aromatic heterocycles. The Labute approximate surface area is 180 Å². The molecule has 1 atom stereocenters. The Morgan fingerprint density at radius 3 is 2.72 bits per heavy atom. The number of fused-ring (bicyclic) bond motifs is 1. The maximum absolute atomic E-state index is 12.9. The van der Waals surface area contributed by atoms with Crippen LogP contribution in [-0.2, 0) is 10.5 Å². The fourth-order valence-electron chi connectivity index (χ4n) is 3.33. The number of anilines is 1. The summed E-state index contributed by atoms with van der Waals surface area (Å²) in [5, 5.41) is 3.24. The van der Waals surface area contributed by atoms with Crippen LogP contribution in [0.5, 0.6) is 5.75 Å². The number of amides is 1. The van der Waals surface area contributed by atoms with Gasteiger partial charge in [0.1, 0.15) is 11.6 Å². The number of thioether (sulfide) groups is 1. The summed E-state index contributed by atoms with van der Waals surface area (Å²) in [6, 6.07) is 15.5. The molecule has 2 N–H and O–H groups in total. The first kappa shape index (κ1) is 19.7. The number of ether oxygens (including phenoxy) is 1. The van der Waals surface area contributed by atoms with Crippen molar-refractivity contribution in [2.24, 2.45) is 0 Å². The maximum Gasteiger partial charge on any atom is 0.257 e. The third kappa shape index (κ3) is 4.23. The summed E-state index contributed by atoms with van der Waals surface area (Å²) in [5.74, 6) is 1.16. The van der Waals surface area contributed by atoms with Crippen molar-refractivity contribution in [2.45, 2.75) is 23.2 Å². The van der Waals surface area contributed by atoms with E-state index in [4.69, 9.17) is 4.74 Å². The number of aromatic amines is 1. The van der Waals surface area contributed by atoms with E-state index in [-0.39, 0.29) is 23.8 Å². The summed E-state index contributed by atoms with van der Waals surface area (Å²) in [5.41, 5.74) is 2.22. The zero-order chi connectivity index (χ0) is 20.4. The van der Waals surface area contributed by atoms with Gasteiger partial charge in [-0.15, -0.1) is 0 Å². The van der Waals surface area contributed by atoms with E-state index in [1.165, 1.54) is 11.8 Å². The molecule has 0 fully saturated rings. The number of methoxy groups -OCH3 is 1. The van der Waals surface area contributed by atoms with E-state index in [2.05, 4.69) is 31.2 Å². The maximum atomic E-state index is 12.9. The van der Waals surface area contributed by atoms with Crippen LogP contribution in [0.15, 0.2) is 63.0 Å². The summed E-state index contributed by atoms with van der Waals surface area (Å²) in [7, 11) is 1.59. The molecule has 0 aliphatic carbocycles. The Balaban J connectivity index is 1.67. The monoisotopic (exact) mass is 471 g/mol. The molecule has 1 amide bonds. The van der Waals surface area contributed by atoms with E-state index in [0.717, 1.165) is 15.6 Å².